The quantitative estimate of drug-likeness (QED) is 0.655. The van der Waals surface area contributed by atoms with Gasteiger partial charge in [-0.15, -0.1) is 11.3 Å². The molecule has 7 heteroatoms. The third kappa shape index (κ3) is 4.05. The van der Waals surface area contributed by atoms with E-state index in [2.05, 4.69) is 20.3 Å². The van der Waals surface area contributed by atoms with Crippen molar-refractivity contribution in [2.75, 3.05) is 11.9 Å². The lowest BCUT2D eigenvalue weighted by Gasteiger charge is -2.16. The van der Waals surface area contributed by atoms with Gasteiger partial charge in [-0.1, -0.05) is 30.3 Å². The minimum Gasteiger partial charge on any atom is -0.462 e. The van der Waals surface area contributed by atoms with Gasteiger partial charge >= 0.3 is 5.97 Å². The van der Waals surface area contributed by atoms with Crippen molar-refractivity contribution in [2.24, 2.45) is 0 Å². The van der Waals surface area contributed by atoms with Crippen molar-refractivity contribution in [3.63, 3.8) is 0 Å². The Balaban J connectivity index is 1.96. The summed E-state index contributed by atoms with van der Waals surface area (Å²) in [5.41, 5.74) is 2.09. The van der Waals surface area contributed by atoms with Crippen LogP contribution in [0.15, 0.2) is 41.9 Å². The van der Waals surface area contributed by atoms with Gasteiger partial charge < -0.3 is 10.1 Å². The highest BCUT2D eigenvalue weighted by Crippen LogP contribution is 2.25. The molecule has 1 N–H and O–H groups in total. The highest BCUT2D eigenvalue weighted by Gasteiger charge is 2.19. The maximum Gasteiger partial charge on any atom is 0.343 e. The van der Waals surface area contributed by atoms with Crippen LogP contribution >= 0.6 is 11.3 Å². The highest BCUT2D eigenvalue weighted by molar-refractivity contribution is 7.09. The van der Waals surface area contributed by atoms with Gasteiger partial charge in [-0.25, -0.2) is 19.7 Å². The molecule has 1 unspecified atom stereocenters. The Kier molecular flexibility index (Phi) is 5.58. The third-order valence-electron chi connectivity index (χ3n) is 3.75. The fraction of sp³-hybridized carbons (Fsp3) is 0.263. The lowest BCUT2D eigenvalue weighted by molar-refractivity contribution is 0.0526. The average molecular weight is 368 g/mol. The predicted octanol–water partition coefficient (Wildman–Crippen LogP) is 4.26. The molecular weight excluding hydrogens is 348 g/mol. The molecule has 0 spiro atoms. The largest absolute Gasteiger partial charge is 0.462 e. The molecule has 26 heavy (non-hydrogen) atoms. The van der Waals surface area contributed by atoms with Crippen LogP contribution in [0.1, 0.15) is 40.9 Å². The molecule has 134 valence electrons. The lowest BCUT2D eigenvalue weighted by atomic mass is 10.2. The van der Waals surface area contributed by atoms with E-state index >= 15 is 0 Å². The van der Waals surface area contributed by atoms with Gasteiger partial charge in [0, 0.05) is 17.1 Å². The van der Waals surface area contributed by atoms with Crippen molar-refractivity contribution in [3.8, 4) is 11.4 Å². The second-order valence-electron chi connectivity index (χ2n) is 5.70. The van der Waals surface area contributed by atoms with Crippen LogP contribution in [0.4, 0.5) is 5.82 Å². The highest BCUT2D eigenvalue weighted by atomic mass is 32.1. The molecule has 2 heterocycles. The predicted molar refractivity (Wildman–Crippen MR) is 102 cm³/mol. The van der Waals surface area contributed by atoms with E-state index in [0.29, 0.717) is 23.8 Å². The van der Waals surface area contributed by atoms with E-state index in [1.807, 2.05) is 49.6 Å². The molecule has 2 aromatic heterocycles. The molecule has 3 rings (SSSR count). The van der Waals surface area contributed by atoms with Crippen LogP contribution in [0, 0.1) is 6.92 Å². The van der Waals surface area contributed by atoms with E-state index in [9.17, 15) is 4.79 Å². The Hall–Kier alpha value is -2.80. The first-order valence-corrected chi connectivity index (χ1v) is 9.24. The van der Waals surface area contributed by atoms with Crippen LogP contribution in [0.25, 0.3) is 11.4 Å². The second-order valence-corrected chi connectivity index (χ2v) is 6.76. The maximum atomic E-state index is 12.3. The van der Waals surface area contributed by atoms with Crippen molar-refractivity contribution in [3.05, 3.63) is 58.2 Å². The second kappa shape index (κ2) is 8.05. The van der Waals surface area contributed by atoms with E-state index in [0.717, 1.165) is 16.3 Å². The average Bonchev–Trinajstić information content (AvgIpc) is 3.09. The maximum absolute atomic E-state index is 12.3. The molecule has 0 radical (unpaired) electrons. The number of nitrogens with one attached hydrogen (secondary N) is 1. The number of esters is 1. The van der Waals surface area contributed by atoms with Gasteiger partial charge in [-0.05, 0) is 20.8 Å². The molecule has 1 aromatic carbocycles. The number of hydrogen-bond acceptors (Lipinski definition) is 7. The molecule has 0 amide bonds. The summed E-state index contributed by atoms with van der Waals surface area (Å²) in [7, 11) is 0. The summed E-state index contributed by atoms with van der Waals surface area (Å²) in [5, 5.41) is 6.27. The van der Waals surface area contributed by atoms with Crippen LogP contribution in [0.2, 0.25) is 0 Å². The molecule has 3 aromatic rings. The Bertz CT molecular complexity index is 896. The molecule has 0 saturated carbocycles. The summed E-state index contributed by atoms with van der Waals surface area (Å²) in [4.78, 5) is 25.7. The molecule has 0 fully saturated rings. The zero-order chi connectivity index (χ0) is 18.5. The fourth-order valence-corrected chi connectivity index (χ4v) is 3.14. The summed E-state index contributed by atoms with van der Waals surface area (Å²) in [5.74, 6) is 0.537. The van der Waals surface area contributed by atoms with Gasteiger partial charge in [0.2, 0.25) is 0 Å². The number of aromatic nitrogens is 3. The van der Waals surface area contributed by atoms with Gasteiger partial charge in [0.15, 0.2) is 5.82 Å². The van der Waals surface area contributed by atoms with Crippen molar-refractivity contribution < 1.29 is 9.53 Å². The number of benzene rings is 1. The molecule has 0 aliphatic rings. The van der Waals surface area contributed by atoms with Gasteiger partial charge in [0.1, 0.15) is 11.4 Å². The Morgan fingerprint density at radius 3 is 2.69 bits per heavy atom. The first-order valence-electron chi connectivity index (χ1n) is 8.36. The van der Waals surface area contributed by atoms with Gasteiger partial charge in [-0.2, -0.15) is 0 Å². The number of thiazole rings is 1. The number of anilines is 1. The normalized spacial score (nSPS) is 11.8. The van der Waals surface area contributed by atoms with Crippen molar-refractivity contribution in [1.29, 1.82) is 0 Å². The molecular formula is C19H20N4O2S. The van der Waals surface area contributed by atoms with Crippen molar-refractivity contribution in [1.82, 2.24) is 15.0 Å². The Morgan fingerprint density at radius 2 is 2.04 bits per heavy atom. The van der Waals surface area contributed by atoms with Gasteiger partial charge in [0.25, 0.3) is 0 Å². The Labute approximate surface area is 156 Å². The van der Waals surface area contributed by atoms with Crippen molar-refractivity contribution in [2.45, 2.75) is 26.8 Å². The summed E-state index contributed by atoms with van der Waals surface area (Å²) >= 11 is 1.59. The van der Waals surface area contributed by atoms with Crippen LogP contribution < -0.4 is 5.32 Å². The first-order chi connectivity index (χ1) is 12.6. The molecule has 0 bridgehead atoms. The molecule has 1 atom stereocenters. The number of ether oxygens (including phenoxy) is 1. The third-order valence-corrected chi connectivity index (χ3v) is 4.54. The number of carbonyl (C=O) groups is 1. The van der Waals surface area contributed by atoms with E-state index < -0.39 is 5.97 Å². The van der Waals surface area contributed by atoms with Crippen LogP contribution in [0.3, 0.4) is 0 Å². The van der Waals surface area contributed by atoms with E-state index in [1.165, 1.54) is 6.20 Å². The molecule has 6 nitrogen and oxygen atoms in total. The fourth-order valence-electron chi connectivity index (χ4n) is 2.43. The van der Waals surface area contributed by atoms with E-state index in [-0.39, 0.29) is 6.04 Å². The summed E-state index contributed by atoms with van der Waals surface area (Å²) in [6.45, 7) is 6.00. The minimum absolute atomic E-state index is 0.105. The van der Waals surface area contributed by atoms with Crippen molar-refractivity contribution >= 4 is 23.1 Å². The number of rotatable bonds is 6. The zero-order valence-corrected chi connectivity index (χ0v) is 15.7. The van der Waals surface area contributed by atoms with E-state index in [1.54, 1.807) is 18.3 Å². The van der Waals surface area contributed by atoms with Crippen LogP contribution in [0.5, 0.6) is 0 Å². The summed E-state index contributed by atoms with van der Waals surface area (Å²) in [6, 6.07) is 9.53. The zero-order valence-electron chi connectivity index (χ0n) is 14.9. The summed E-state index contributed by atoms with van der Waals surface area (Å²) in [6.07, 6.45) is 1.51. The lowest BCUT2D eigenvalue weighted by Crippen LogP contribution is -2.15. The topological polar surface area (TPSA) is 77.0 Å². The van der Waals surface area contributed by atoms with E-state index in [4.69, 9.17) is 4.74 Å². The van der Waals surface area contributed by atoms with Crippen LogP contribution in [-0.4, -0.2) is 27.5 Å². The van der Waals surface area contributed by atoms with Gasteiger partial charge in [0.05, 0.1) is 23.4 Å². The Morgan fingerprint density at radius 1 is 1.27 bits per heavy atom. The molecule has 0 saturated heterocycles. The number of hydrogen-bond donors (Lipinski definition) is 1. The smallest absolute Gasteiger partial charge is 0.343 e. The summed E-state index contributed by atoms with van der Waals surface area (Å²) < 4.78 is 5.13. The minimum atomic E-state index is -0.448. The number of nitrogens with zero attached hydrogens (tertiary/aromatic N) is 3. The first kappa shape index (κ1) is 18.0. The molecule has 0 aliphatic heterocycles. The monoisotopic (exact) mass is 368 g/mol. The standard InChI is InChI=1S/C19H20N4O2S/c1-4-25-19(24)15-10-20-17(14-8-6-5-7-9-14)23-18(15)21-12(2)16-11-26-13(3)22-16/h5-12H,4H2,1-3H3,(H,20,21,23). The van der Waals surface area contributed by atoms with Crippen LogP contribution in [-0.2, 0) is 4.74 Å². The number of carbonyl (C=O) groups excluding carboxylic acids is 1. The SMILES string of the molecule is CCOC(=O)c1cnc(-c2ccccc2)nc1NC(C)c1csc(C)n1. The molecule has 0 aliphatic carbocycles. The number of aryl methyl sites for hydroxylation is 1. The van der Waals surface area contributed by atoms with Gasteiger partial charge in [-0.3, -0.25) is 0 Å².